The van der Waals surface area contributed by atoms with E-state index >= 15 is 0 Å². The molecule has 0 saturated carbocycles. The molecule has 0 spiro atoms. The van der Waals surface area contributed by atoms with Crippen molar-refractivity contribution in [3.05, 3.63) is 94.0 Å². The molecule has 0 atom stereocenters. The van der Waals surface area contributed by atoms with Gasteiger partial charge in [-0.25, -0.2) is 4.39 Å². The number of rotatable bonds is 4. The standard InChI is InChI=1S/C26H22FNO4/c1-16-10-22-21(14-28(15-31-22)13-17-6-8-20(30-2)9-7-17)26-24(16)25(29)23(32-26)12-18-4-3-5-19(27)11-18/h3-12H,13-15H2,1-2H3/b23-12-. The Kier molecular flexibility index (Phi) is 5.15. The summed E-state index contributed by atoms with van der Waals surface area (Å²) >= 11 is 0. The minimum Gasteiger partial charge on any atom is -0.497 e. The average Bonchev–Trinajstić information content (AvgIpc) is 3.12. The summed E-state index contributed by atoms with van der Waals surface area (Å²) in [5, 5.41) is 0. The predicted octanol–water partition coefficient (Wildman–Crippen LogP) is 5.11. The molecule has 3 aromatic rings. The summed E-state index contributed by atoms with van der Waals surface area (Å²) in [7, 11) is 1.64. The number of Topliss-reactive ketones (excluding diaryl/α,β-unsaturated/α-hetero) is 1. The number of hydrogen-bond donors (Lipinski definition) is 0. The second kappa shape index (κ2) is 8.13. The minimum absolute atomic E-state index is 0.189. The van der Waals surface area contributed by atoms with Crippen LogP contribution in [0.2, 0.25) is 0 Å². The number of ether oxygens (including phenoxy) is 3. The highest BCUT2D eigenvalue weighted by Gasteiger charge is 2.35. The molecule has 5 nitrogen and oxygen atoms in total. The summed E-state index contributed by atoms with van der Waals surface area (Å²) in [6.45, 7) is 3.59. The molecular weight excluding hydrogens is 409 g/mol. The third kappa shape index (κ3) is 3.74. The lowest BCUT2D eigenvalue weighted by molar-refractivity contribution is 0.0872. The second-order valence-electron chi connectivity index (χ2n) is 7.98. The first-order chi connectivity index (χ1) is 15.5. The molecule has 2 aliphatic rings. The van der Waals surface area contributed by atoms with Gasteiger partial charge in [-0.2, -0.15) is 0 Å². The largest absolute Gasteiger partial charge is 0.497 e. The van der Waals surface area contributed by atoms with Gasteiger partial charge in [0.1, 0.15) is 29.8 Å². The van der Waals surface area contributed by atoms with E-state index in [0.717, 1.165) is 28.2 Å². The number of fused-ring (bicyclic) bond motifs is 3. The summed E-state index contributed by atoms with van der Waals surface area (Å²) < 4.78 is 30.8. The molecular formula is C26H22FNO4. The maximum atomic E-state index is 13.6. The zero-order chi connectivity index (χ0) is 22.2. The van der Waals surface area contributed by atoms with Crippen LogP contribution in [0, 0.1) is 12.7 Å². The zero-order valence-corrected chi connectivity index (χ0v) is 17.9. The van der Waals surface area contributed by atoms with Gasteiger partial charge in [-0.05, 0) is 60.0 Å². The smallest absolute Gasteiger partial charge is 0.232 e. The summed E-state index contributed by atoms with van der Waals surface area (Å²) in [4.78, 5) is 15.2. The minimum atomic E-state index is -0.363. The van der Waals surface area contributed by atoms with E-state index in [1.165, 1.54) is 12.1 Å². The summed E-state index contributed by atoms with van der Waals surface area (Å²) in [5.41, 5.74) is 3.90. The van der Waals surface area contributed by atoms with E-state index in [4.69, 9.17) is 14.2 Å². The lowest BCUT2D eigenvalue weighted by atomic mass is 9.98. The van der Waals surface area contributed by atoms with E-state index in [1.54, 1.807) is 25.3 Å². The second-order valence-corrected chi connectivity index (χ2v) is 7.98. The fourth-order valence-corrected chi connectivity index (χ4v) is 4.11. The number of allylic oxidation sites excluding steroid dienone is 1. The van der Waals surface area contributed by atoms with Gasteiger partial charge in [0.05, 0.1) is 18.2 Å². The molecule has 32 heavy (non-hydrogen) atoms. The van der Waals surface area contributed by atoms with Gasteiger partial charge >= 0.3 is 0 Å². The van der Waals surface area contributed by atoms with Crippen LogP contribution in [0.5, 0.6) is 17.2 Å². The van der Waals surface area contributed by atoms with Crippen LogP contribution in [0.1, 0.15) is 32.6 Å². The topological polar surface area (TPSA) is 48.0 Å². The molecule has 0 amide bonds. The molecule has 0 aliphatic carbocycles. The first-order valence-corrected chi connectivity index (χ1v) is 10.4. The van der Waals surface area contributed by atoms with Gasteiger partial charge in [-0.1, -0.05) is 24.3 Å². The number of aryl methyl sites for hydroxylation is 1. The van der Waals surface area contributed by atoms with Crippen LogP contribution >= 0.6 is 0 Å². The van der Waals surface area contributed by atoms with Crippen LogP contribution in [0.4, 0.5) is 4.39 Å². The molecule has 0 fully saturated rings. The monoisotopic (exact) mass is 431 g/mol. The predicted molar refractivity (Wildman–Crippen MR) is 118 cm³/mol. The number of benzene rings is 3. The molecule has 0 saturated heterocycles. The molecule has 3 aromatic carbocycles. The molecule has 0 N–H and O–H groups in total. The zero-order valence-electron chi connectivity index (χ0n) is 17.9. The van der Waals surface area contributed by atoms with E-state index in [9.17, 15) is 9.18 Å². The Bertz CT molecular complexity index is 1230. The fourth-order valence-electron chi connectivity index (χ4n) is 4.11. The molecule has 0 unspecified atom stereocenters. The highest BCUT2D eigenvalue weighted by Crippen LogP contribution is 2.44. The summed E-state index contributed by atoms with van der Waals surface area (Å²) in [6.07, 6.45) is 1.58. The third-order valence-electron chi connectivity index (χ3n) is 5.70. The Hall–Kier alpha value is -3.64. The Labute approximate surface area is 185 Å². The van der Waals surface area contributed by atoms with Gasteiger partial charge in [0.15, 0.2) is 5.76 Å². The number of nitrogens with zero attached hydrogens (tertiary/aromatic N) is 1. The Balaban J connectivity index is 1.43. The van der Waals surface area contributed by atoms with Crippen molar-refractivity contribution in [2.45, 2.75) is 20.0 Å². The van der Waals surface area contributed by atoms with Crippen molar-refractivity contribution in [1.82, 2.24) is 4.90 Å². The van der Waals surface area contributed by atoms with E-state index in [1.807, 2.05) is 37.3 Å². The molecule has 2 heterocycles. The van der Waals surface area contributed by atoms with E-state index in [0.29, 0.717) is 36.7 Å². The van der Waals surface area contributed by atoms with Gasteiger partial charge in [0, 0.05) is 13.1 Å². The van der Waals surface area contributed by atoms with Crippen LogP contribution in [-0.4, -0.2) is 24.5 Å². The number of methoxy groups -OCH3 is 1. The van der Waals surface area contributed by atoms with Gasteiger partial charge in [0.25, 0.3) is 0 Å². The number of carbonyl (C=O) groups is 1. The summed E-state index contributed by atoms with van der Waals surface area (Å²) in [5.74, 6) is 1.70. The first kappa shape index (κ1) is 20.3. The number of halogens is 1. The van der Waals surface area contributed by atoms with E-state index < -0.39 is 0 Å². The molecule has 6 heteroatoms. The van der Waals surface area contributed by atoms with Crippen LogP contribution in [-0.2, 0) is 13.1 Å². The summed E-state index contributed by atoms with van der Waals surface area (Å²) in [6, 6.07) is 15.9. The highest BCUT2D eigenvalue weighted by atomic mass is 19.1. The Morgan fingerprint density at radius 3 is 2.72 bits per heavy atom. The Morgan fingerprint density at radius 1 is 1.16 bits per heavy atom. The molecule has 2 aliphatic heterocycles. The molecule has 5 rings (SSSR count). The van der Waals surface area contributed by atoms with Crippen molar-refractivity contribution in [2.75, 3.05) is 13.8 Å². The quantitative estimate of drug-likeness (QED) is 0.537. The van der Waals surface area contributed by atoms with Crippen molar-refractivity contribution >= 4 is 11.9 Å². The lowest BCUT2D eigenvalue weighted by Gasteiger charge is -2.30. The van der Waals surface area contributed by atoms with Crippen LogP contribution < -0.4 is 14.2 Å². The maximum Gasteiger partial charge on any atom is 0.232 e. The molecule has 0 bridgehead atoms. The van der Waals surface area contributed by atoms with E-state index in [2.05, 4.69) is 4.90 Å². The first-order valence-electron chi connectivity index (χ1n) is 10.4. The van der Waals surface area contributed by atoms with Crippen LogP contribution in [0.15, 0.2) is 60.4 Å². The number of hydrogen-bond acceptors (Lipinski definition) is 5. The fraction of sp³-hybridized carbons (Fsp3) is 0.192. The third-order valence-corrected chi connectivity index (χ3v) is 5.70. The number of carbonyl (C=O) groups excluding carboxylic acids is 1. The Morgan fingerprint density at radius 2 is 1.97 bits per heavy atom. The normalized spacial score (nSPS) is 16.3. The average molecular weight is 431 g/mol. The molecule has 162 valence electrons. The van der Waals surface area contributed by atoms with E-state index in [-0.39, 0.29) is 17.4 Å². The van der Waals surface area contributed by atoms with Crippen LogP contribution in [0.25, 0.3) is 6.08 Å². The van der Waals surface area contributed by atoms with Crippen molar-refractivity contribution in [3.63, 3.8) is 0 Å². The van der Waals surface area contributed by atoms with Crippen molar-refractivity contribution in [3.8, 4) is 17.2 Å². The highest BCUT2D eigenvalue weighted by molar-refractivity contribution is 6.15. The van der Waals surface area contributed by atoms with Gasteiger partial charge in [-0.15, -0.1) is 0 Å². The van der Waals surface area contributed by atoms with Gasteiger partial charge in [-0.3, -0.25) is 9.69 Å². The molecule has 0 aromatic heterocycles. The maximum absolute atomic E-state index is 13.6. The van der Waals surface area contributed by atoms with Gasteiger partial charge in [0.2, 0.25) is 5.78 Å². The molecule has 0 radical (unpaired) electrons. The van der Waals surface area contributed by atoms with Gasteiger partial charge < -0.3 is 14.2 Å². The van der Waals surface area contributed by atoms with Crippen molar-refractivity contribution in [1.29, 1.82) is 0 Å². The lowest BCUT2D eigenvalue weighted by Crippen LogP contribution is -2.31. The van der Waals surface area contributed by atoms with Crippen molar-refractivity contribution < 1.29 is 23.4 Å². The number of ketones is 1. The van der Waals surface area contributed by atoms with Crippen LogP contribution in [0.3, 0.4) is 0 Å². The van der Waals surface area contributed by atoms with Crippen molar-refractivity contribution in [2.24, 2.45) is 0 Å². The SMILES string of the molecule is COc1ccc(CN2COc3cc(C)c4c(c3C2)O/C(=C\c2cccc(F)c2)C4=O)cc1.